The van der Waals surface area contributed by atoms with Crippen molar-refractivity contribution in [2.24, 2.45) is 0 Å². The van der Waals surface area contributed by atoms with Crippen molar-refractivity contribution < 1.29 is 9.53 Å². The van der Waals surface area contributed by atoms with Crippen molar-refractivity contribution in [1.82, 2.24) is 0 Å². The zero-order chi connectivity index (χ0) is 16.8. The number of carbonyl (C=O) groups excluding carboxylic acids is 1. The molecule has 0 bridgehead atoms. The smallest absolute Gasteiger partial charge is 0.255 e. The Bertz CT molecular complexity index is 817. The van der Waals surface area contributed by atoms with Crippen molar-refractivity contribution in [3.8, 4) is 5.75 Å². The number of rotatable bonds is 5. The molecular weight excluding hydrogens is 322 g/mol. The van der Waals surface area contributed by atoms with Gasteiger partial charge < -0.3 is 10.1 Å². The average Bonchev–Trinajstić information content (AvgIpc) is 2.62. The molecule has 0 fully saturated rings. The van der Waals surface area contributed by atoms with E-state index in [9.17, 15) is 4.79 Å². The highest BCUT2D eigenvalue weighted by molar-refractivity contribution is 6.32. The van der Waals surface area contributed by atoms with E-state index in [1.807, 2.05) is 60.7 Å². The van der Waals surface area contributed by atoms with Gasteiger partial charge in [0.1, 0.15) is 12.4 Å². The monoisotopic (exact) mass is 337 g/mol. The number of hydrogen-bond donors (Lipinski definition) is 1. The minimum atomic E-state index is -0.139. The van der Waals surface area contributed by atoms with E-state index in [0.717, 1.165) is 11.3 Å². The third kappa shape index (κ3) is 4.15. The molecule has 0 aromatic heterocycles. The number of hydrogen-bond acceptors (Lipinski definition) is 2. The molecule has 1 N–H and O–H groups in total. The molecule has 0 unspecified atom stereocenters. The second kappa shape index (κ2) is 7.66. The molecule has 0 heterocycles. The van der Waals surface area contributed by atoms with Gasteiger partial charge in [0.05, 0.1) is 5.02 Å². The van der Waals surface area contributed by atoms with E-state index in [1.54, 1.807) is 18.2 Å². The molecule has 0 spiro atoms. The van der Waals surface area contributed by atoms with Crippen LogP contribution in [0, 0.1) is 0 Å². The van der Waals surface area contributed by atoms with Crippen LogP contribution in [0.15, 0.2) is 78.9 Å². The summed E-state index contributed by atoms with van der Waals surface area (Å²) in [6.07, 6.45) is 0. The third-order valence-corrected chi connectivity index (χ3v) is 3.79. The van der Waals surface area contributed by atoms with Gasteiger partial charge in [-0.1, -0.05) is 54.1 Å². The predicted octanol–water partition coefficient (Wildman–Crippen LogP) is 5.17. The van der Waals surface area contributed by atoms with Gasteiger partial charge in [0, 0.05) is 11.3 Å². The van der Waals surface area contributed by atoms with Crippen molar-refractivity contribution in [2.75, 3.05) is 5.32 Å². The van der Waals surface area contributed by atoms with Crippen LogP contribution in [-0.4, -0.2) is 5.91 Å². The summed E-state index contributed by atoms with van der Waals surface area (Å²) in [7, 11) is 0. The minimum absolute atomic E-state index is 0.139. The van der Waals surface area contributed by atoms with Gasteiger partial charge in [0.15, 0.2) is 0 Å². The Balaban J connectivity index is 1.61. The number of amides is 1. The predicted molar refractivity (Wildman–Crippen MR) is 96.6 cm³/mol. The largest absolute Gasteiger partial charge is 0.487 e. The number of para-hydroxylation sites is 2. The number of ether oxygens (including phenoxy) is 1. The summed E-state index contributed by atoms with van der Waals surface area (Å²) in [5.41, 5.74) is 2.33. The second-order valence-corrected chi connectivity index (χ2v) is 5.64. The van der Waals surface area contributed by atoms with Crippen LogP contribution in [0.1, 0.15) is 15.9 Å². The van der Waals surface area contributed by atoms with Crippen LogP contribution in [0.4, 0.5) is 5.69 Å². The lowest BCUT2D eigenvalue weighted by atomic mass is 10.1. The van der Waals surface area contributed by atoms with Crippen LogP contribution in [0.3, 0.4) is 0 Å². The SMILES string of the molecule is O=C(Nc1ccccc1)c1ccc(COc2ccccc2Cl)cc1. The normalized spacial score (nSPS) is 10.2. The molecule has 0 aliphatic heterocycles. The molecule has 1 amide bonds. The van der Waals surface area contributed by atoms with Gasteiger partial charge in [-0.05, 0) is 42.0 Å². The molecule has 0 radical (unpaired) electrons. The van der Waals surface area contributed by atoms with Crippen LogP contribution in [-0.2, 0) is 6.61 Å². The molecular formula is C20H16ClNO2. The van der Waals surface area contributed by atoms with Crippen molar-refractivity contribution in [2.45, 2.75) is 6.61 Å². The molecule has 0 saturated carbocycles. The molecule has 4 heteroatoms. The molecule has 24 heavy (non-hydrogen) atoms. The van der Waals surface area contributed by atoms with E-state index in [0.29, 0.717) is 22.9 Å². The molecule has 3 rings (SSSR count). The maximum atomic E-state index is 12.2. The zero-order valence-corrected chi connectivity index (χ0v) is 13.7. The fourth-order valence-electron chi connectivity index (χ4n) is 2.20. The summed E-state index contributed by atoms with van der Waals surface area (Å²) < 4.78 is 5.69. The van der Waals surface area contributed by atoms with Gasteiger partial charge in [0.2, 0.25) is 0 Å². The number of halogens is 1. The summed E-state index contributed by atoms with van der Waals surface area (Å²) in [5, 5.41) is 3.44. The van der Waals surface area contributed by atoms with Crippen molar-refractivity contribution in [3.63, 3.8) is 0 Å². The lowest BCUT2D eigenvalue weighted by Crippen LogP contribution is -2.11. The lowest BCUT2D eigenvalue weighted by Gasteiger charge is -2.09. The summed E-state index contributed by atoms with van der Waals surface area (Å²) in [6, 6.07) is 24.0. The minimum Gasteiger partial charge on any atom is -0.487 e. The maximum absolute atomic E-state index is 12.2. The van der Waals surface area contributed by atoms with E-state index in [4.69, 9.17) is 16.3 Å². The Morgan fingerprint density at radius 1 is 0.875 bits per heavy atom. The molecule has 0 aliphatic carbocycles. The van der Waals surface area contributed by atoms with Crippen LogP contribution in [0.5, 0.6) is 5.75 Å². The van der Waals surface area contributed by atoms with E-state index >= 15 is 0 Å². The Kier molecular flexibility index (Phi) is 5.14. The number of benzene rings is 3. The topological polar surface area (TPSA) is 38.3 Å². The second-order valence-electron chi connectivity index (χ2n) is 5.24. The third-order valence-electron chi connectivity index (χ3n) is 3.48. The summed E-state index contributed by atoms with van der Waals surface area (Å²) in [6.45, 7) is 0.393. The van der Waals surface area contributed by atoms with Gasteiger partial charge in [-0.25, -0.2) is 0 Å². The van der Waals surface area contributed by atoms with Crippen molar-refractivity contribution >= 4 is 23.2 Å². The summed E-state index contributed by atoms with van der Waals surface area (Å²) in [5.74, 6) is 0.504. The van der Waals surface area contributed by atoms with Crippen LogP contribution in [0.25, 0.3) is 0 Å². The van der Waals surface area contributed by atoms with Crippen molar-refractivity contribution in [1.29, 1.82) is 0 Å². The van der Waals surface area contributed by atoms with Gasteiger partial charge in [-0.15, -0.1) is 0 Å². The molecule has 3 aromatic rings. The van der Waals surface area contributed by atoms with E-state index < -0.39 is 0 Å². The maximum Gasteiger partial charge on any atom is 0.255 e. The fourth-order valence-corrected chi connectivity index (χ4v) is 2.39. The highest BCUT2D eigenvalue weighted by atomic mass is 35.5. The number of anilines is 1. The number of carbonyl (C=O) groups is 1. The average molecular weight is 338 g/mol. The van der Waals surface area contributed by atoms with Crippen LogP contribution >= 0.6 is 11.6 Å². The zero-order valence-electron chi connectivity index (χ0n) is 12.9. The summed E-state index contributed by atoms with van der Waals surface area (Å²) >= 11 is 6.06. The quantitative estimate of drug-likeness (QED) is 0.697. The van der Waals surface area contributed by atoms with Crippen LogP contribution in [0.2, 0.25) is 5.02 Å². The Hall–Kier alpha value is -2.78. The first-order chi connectivity index (χ1) is 11.7. The molecule has 0 atom stereocenters. The van der Waals surface area contributed by atoms with Gasteiger partial charge >= 0.3 is 0 Å². The highest BCUT2D eigenvalue weighted by Crippen LogP contribution is 2.24. The molecule has 3 aromatic carbocycles. The van der Waals surface area contributed by atoms with Gasteiger partial charge in [-0.3, -0.25) is 4.79 Å². The molecule has 3 nitrogen and oxygen atoms in total. The number of nitrogens with one attached hydrogen (secondary N) is 1. The Morgan fingerprint density at radius 3 is 2.25 bits per heavy atom. The molecule has 0 saturated heterocycles. The van der Waals surface area contributed by atoms with Crippen LogP contribution < -0.4 is 10.1 Å². The Labute approximate surface area is 145 Å². The van der Waals surface area contributed by atoms with E-state index in [1.165, 1.54) is 0 Å². The molecule has 120 valence electrons. The van der Waals surface area contributed by atoms with Gasteiger partial charge in [0.25, 0.3) is 5.91 Å². The Morgan fingerprint density at radius 2 is 1.54 bits per heavy atom. The summed E-state index contributed by atoms with van der Waals surface area (Å²) in [4.78, 5) is 12.2. The van der Waals surface area contributed by atoms with E-state index in [2.05, 4.69) is 5.32 Å². The first kappa shape index (κ1) is 16.1. The van der Waals surface area contributed by atoms with Gasteiger partial charge in [-0.2, -0.15) is 0 Å². The van der Waals surface area contributed by atoms with Crippen molar-refractivity contribution in [3.05, 3.63) is 95.0 Å². The van der Waals surface area contributed by atoms with E-state index in [-0.39, 0.29) is 5.91 Å². The highest BCUT2D eigenvalue weighted by Gasteiger charge is 2.06. The first-order valence-electron chi connectivity index (χ1n) is 7.55. The lowest BCUT2D eigenvalue weighted by molar-refractivity contribution is 0.102. The first-order valence-corrected chi connectivity index (χ1v) is 7.93. The standard InChI is InChI=1S/C20H16ClNO2/c21-18-8-4-5-9-19(18)24-14-15-10-12-16(13-11-15)20(23)22-17-6-2-1-3-7-17/h1-13H,14H2,(H,22,23). The molecule has 0 aliphatic rings. The fraction of sp³-hybridized carbons (Fsp3) is 0.0500.